The van der Waals surface area contributed by atoms with Crippen LogP contribution in [0, 0.1) is 0 Å². The first-order valence-electron chi connectivity index (χ1n) is 3.81. The van der Waals surface area contributed by atoms with Crippen LogP contribution < -0.4 is 0 Å². The van der Waals surface area contributed by atoms with E-state index in [0.717, 1.165) is 8.95 Å². The largest absolute Gasteiger partial charge is 0.287 e. The Labute approximate surface area is 116 Å². The van der Waals surface area contributed by atoms with Crippen LogP contribution >= 0.6 is 66.1 Å². The third-order valence-electron chi connectivity index (χ3n) is 1.72. The van der Waals surface area contributed by atoms with Crippen LogP contribution in [0.25, 0.3) is 0 Å². The lowest BCUT2D eigenvalue weighted by molar-refractivity contribution is 0.104. The van der Waals surface area contributed by atoms with Gasteiger partial charge in [-0.05, 0) is 43.3 Å². The van der Waals surface area contributed by atoms with Gasteiger partial charge in [0.15, 0.2) is 0 Å². The average Bonchev–Trinajstić information content (AvgIpc) is 2.75. The van der Waals surface area contributed by atoms with Crippen molar-refractivity contribution < 1.29 is 4.79 Å². The molecule has 0 aromatic carbocycles. The number of carbonyl (C=O) groups excluding carboxylic acids is 1. The Balaban J connectivity index is 2.46. The SMILES string of the molecule is O=C(c1sccc1Cl)c1scc(Br)c1Br. The zero-order valence-corrected chi connectivity index (χ0v) is 12.7. The van der Waals surface area contributed by atoms with Crippen LogP contribution in [0.15, 0.2) is 25.8 Å². The molecule has 2 aromatic rings. The number of halogens is 3. The maximum atomic E-state index is 12.0. The first kappa shape index (κ1) is 11.8. The maximum absolute atomic E-state index is 12.0. The lowest BCUT2D eigenvalue weighted by Crippen LogP contribution is -1.96. The number of carbonyl (C=O) groups is 1. The highest BCUT2D eigenvalue weighted by Gasteiger charge is 2.19. The summed E-state index contributed by atoms with van der Waals surface area (Å²) in [6.07, 6.45) is 0. The molecule has 0 fully saturated rings. The van der Waals surface area contributed by atoms with Crippen molar-refractivity contribution in [1.82, 2.24) is 0 Å². The van der Waals surface area contributed by atoms with Crippen molar-refractivity contribution in [2.24, 2.45) is 0 Å². The fraction of sp³-hybridized carbons (Fsp3) is 0. The molecule has 0 atom stereocenters. The molecule has 0 radical (unpaired) electrons. The molecule has 2 aromatic heterocycles. The number of ketones is 1. The van der Waals surface area contributed by atoms with Gasteiger partial charge in [-0.25, -0.2) is 0 Å². The van der Waals surface area contributed by atoms with Gasteiger partial charge in [-0.15, -0.1) is 22.7 Å². The molecule has 0 amide bonds. The van der Waals surface area contributed by atoms with Gasteiger partial charge in [0.05, 0.1) is 19.2 Å². The van der Waals surface area contributed by atoms with Crippen LogP contribution in [0.2, 0.25) is 5.02 Å². The smallest absolute Gasteiger partial charge is 0.215 e. The second-order valence-corrected chi connectivity index (χ2v) is 6.50. The Morgan fingerprint density at radius 3 is 2.47 bits per heavy atom. The molecule has 78 valence electrons. The summed E-state index contributed by atoms with van der Waals surface area (Å²) < 4.78 is 1.69. The van der Waals surface area contributed by atoms with Crippen molar-refractivity contribution >= 4 is 71.9 Å². The number of hydrogen-bond acceptors (Lipinski definition) is 3. The van der Waals surface area contributed by atoms with Gasteiger partial charge in [0.25, 0.3) is 0 Å². The van der Waals surface area contributed by atoms with Crippen molar-refractivity contribution in [3.05, 3.63) is 40.5 Å². The molecule has 15 heavy (non-hydrogen) atoms. The lowest BCUT2D eigenvalue weighted by Gasteiger charge is -1.96. The number of hydrogen-bond donors (Lipinski definition) is 0. The number of thiophene rings is 2. The first-order valence-corrected chi connectivity index (χ1v) is 7.53. The van der Waals surface area contributed by atoms with E-state index in [4.69, 9.17) is 11.6 Å². The van der Waals surface area contributed by atoms with E-state index in [0.29, 0.717) is 14.8 Å². The topological polar surface area (TPSA) is 17.1 Å². The molecule has 6 heteroatoms. The normalized spacial score (nSPS) is 10.6. The molecule has 1 nitrogen and oxygen atoms in total. The predicted octanol–water partition coefficient (Wildman–Crippen LogP) is 5.22. The van der Waals surface area contributed by atoms with Crippen molar-refractivity contribution in [2.75, 3.05) is 0 Å². The molecule has 2 rings (SSSR count). The van der Waals surface area contributed by atoms with Gasteiger partial charge in [0.2, 0.25) is 5.78 Å². The third-order valence-corrected chi connectivity index (χ3v) is 6.58. The second kappa shape index (κ2) is 4.67. The Morgan fingerprint density at radius 1 is 1.27 bits per heavy atom. The highest BCUT2D eigenvalue weighted by atomic mass is 79.9. The third kappa shape index (κ3) is 2.22. The minimum Gasteiger partial charge on any atom is -0.287 e. The molecule has 0 saturated carbocycles. The molecular formula is C9H3Br2ClOS2. The van der Waals surface area contributed by atoms with E-state index >= 15 is 0 Å². The van der Waals surface area contributed by atoms with Gasteiger partial charge in [-0.1, -0.05) is 11.6 Å². The Bertz CT molecular complexity index is 518. The fourth-order valence-electron chi connectivity index (χ4n) is 1.03. The maximum Gasteiger partial charge on any atom is 0.215 e. The summed E-state index contributed by atoms with van der Waals surface area (Å²) in [7, 11) is 0. The van der Waals surface area contributed by atoms with E-state index in [1.54, 1.807) is 6.07 Å². The Hall–Kier alpha value is 0.320. The zero-order valence-electron chi connectivity index (χ0n) is 7.09. The second-order valence-electron chi connectivity index (χ2n) is 2.65. The van der Waals surface area contributed by atoms with Gasteiger partial charge in [0, 0.05) is 9.85 Å². The van der Waals surface area contributed by atoms with Gasteiger partial charge >= 0.3 is 0 Å². The average molecular weight is 387 g/mol. The predicted molar refractivity (Wildman–Crippen MR) is 72.5 cm³/mol. The van der Waals surface area contributed by atoms with Crippen molar-refractivity contribution in [2.45, 2.75) is 0 Å². The first-order chi connectivity index (χ1) is 7.11. The Kier molecular flexibility index (Phi) is 3.67. The Morgan fingerprint density at radius 2 is 2.00 bits per heavy atom. The van der Waals surface area contributed by atoms with E-state index in [2.05, 4.69) is 31.9 Å². The summed E-state index contributed by atoms with van der Waals surface area (Å²) in [5.74, 6) is -0.0300. The van der Waals surface area contributed by atoms with Crippen LogP contribution in [-0.4, -0.2) is 5.78 Å². The molecule has 2 heterocycles. The molecule has 0 aliphatic heterocycles. The monoisotopic (exact) mass is 384 g/mol. The highest BCUT2D eigenvalue weighted by Crippen LogP contribution is 2.36. The molecule has 0 unspecified atom stereocenters. The van der Waals surface area contributed by atoms with Crippen molar-refractivity contribution in [3.8, 4) is 0 Å². The van der Waals surface area contributed by atoms with Gasteiger partial charge in [-0.3, -0.25) is 4.79 Å². The van der Waals surface area contributed by atoms with Crippen molar-refractivity contribution in [1.29, 1.82) is 0 Å². The summed E-state index contributed by atoms with van der Waals surface area (Å²) in [6, 6.07) is 1.73. The number of rotatable bonds is 2. The van der Waals surface area contributed by atoms with Gasteiger partial charge < -0.3 is 0 Å². The van der Waals surface area contributed by atoms with Crippen LogP contribution in [0.1, 0.15) is 14.5 Å². The van der Waals surface area contributed by atoms with Crippen LogP contribution in [-0.2, 0) is 0 Å². The van der Waals surface area contributed by atoms with E-state index in [1.807, 2.05) is 10.8 Å². The summed E-state index contributed by atoms with van der Waals surface area (Å²) >= 11 is 15.4. The minimum atomic E-state index is -0.0300. The molecule has 0 aliphatic carbocycles. The standard InChI is InChI=1S/C9H3Br2ClOS2/c10-4-3-15-9(6(4)11)7(13)8-5(12)1-2-14-8/h1-3H. The van der Waals surface area contributed by atoms with Crippen LogP contribution in [0.3, 0.4) is 0 Å². The summed E-state index contributed by atoms with van der Waals surface area (Å²) in [4.78, 5) is 13.3. The zero-order chi connectivity index (χ0) is 11.0. The minimum absolute atomic E-state index is 0.0300. The van der Waals surface area contributed by atoms with E-state index in [1.165, 1.54) is 22.7 Å². The molecule has 0 spiro atoms. The molecule has 0 aliphatic rings. The highest BCUT2D eigenvalue weighted by molar-refractivity contribution is 9.13. The summed E-state index contributed by atoms with van der Waals surface area (Å²) in [6.45, 7) is 0. The molecule has 0 saturated heterocycles. The molecule has 0 bridgehead atoms. The van der Waals surface area contributed by atoms with Crippen LogP contribution in [0.5, 0.6) is 0 Å². The van der Waals surface area contributed by atoms with Crippen LogP contribution in [0.4, 0.5) is 0 Å². The lowest BCUT2D eigenvalue weighted by atomic mass is 10.3. The van der Waals surface area contributed by atoms with E-state index in [-0.39, 0.29) is 5.78 Å². The summed E-state index contributed by atoms with van der Waals surface area (Å²) in [5, 5.41) is 4.20. The van der Waals surface area contributed by atoms with Gasteiger partial charge in [0.1, 0.15) is 0 Å². The fourth-order valence-corrected chi connectivity index (χ4v) is 4.28. The molecular weight excluding hydrogens is 383 g/mol. The van der Waals surface area contributed by atoms with Crippen molar-refractivity contribution in [3.63, 3.8) is 0 Å². The van der Waals surface area contributed by atoms with E-state index < -0.39 is 0 Å². The quantitative estimate of drug-likeness (QED) is 0.647. The van der Waals surface area contributed by atoms with E-state index in [9.17, 15) is 4.79 Å². The summed E-state index contributed by atoms with van der Waals surface area (Å²) in [5.41, 5.74) is 0. The van der Waals surface area contributed by atoms with Gasteiger partial charge in [-0.2, -0.15) is 0 Å². The molecule has 0 N–H and O–H groups in total.